The Kier molecular flexibility index (Phi) is 10.5. The van der Waals surface area contributed by atoms with Gasteiger partial charge in [0.1, 0.15) is 0 Å². The van der Waals surface area contributed by atoms with Crippen LogP contribution in [0.3, 0.4) is 0 Å². The minimum atomic E-state index is -0.445. The van der Waals surface area contributed by atoms with Crippen LogP contribution in [0.1, 0.15) is 0 Å². The van der Waals surface area contributed by atoms with Gasteiger partial charge in [0, 0.05) is 40.6 Å². The number of non-ortho nitro benzene ring substituents is 1. The molecule has 0 saturated carbocycles. The van der Waals surface area contributed by atoms with E-state index in [9.17, 15) is 10.1 Å². The van der Waals surface area contributed by atoms with Crippen LogP contribution in [0.25, 0.3) is 0 Å². The van der Waals surface area contributed by atoms with Crippen molar-refractivity contribution in [2.75, 3.05) is 16.4 Å². The summed E-state index contributed by atoms with van der Waals surface area (Å²) in [5.74, 6) is 0. The zero-order chi connectivity index (χ0) is 32.0. The lowest BCUT2D eigenvalue weighted by Gasteiger charge is -2.05. The van der Waals surface area contributed by atoms with E-state index in [0.29, 0.717) is 11.4 Å². The van der Waals surface area contributed by atoms with Crippen molar-refractivity contribution in [1.29, 1.82) is 0 Å². The minimum Gasteiger partial charge on any atom is -0.399 e. The van der Waals surface area contributed by atoms with Crippen molar-refractivity contribution in [1.82, 2.24) is 0 Å². The number of nitro benzene ring substituents is 1. The van der Waals surface area contributed by atoms with Crippen LogP contribution in [0.2, 0.25) is 0 Å². The molecule has 0 aliphatic carbocycles. The zero-order valence-electron chi connectivity index (χ0n) is 24.6. The number of hydrogen-bond donors (Lipinski definition) is 3. The smallest absolute Gasteiger partial charge is 0.269 e. The molecule has 6 aromatic rings. The molecule has 0 saturated heterocycles. The number of azo groups is 2. The number of nitro groups is 1. The van der Waals surface area contributed by atoms with Gasteiger partial charge in [-0.25, -0.2) is 0 Å². The number of hydrogen-bond acceptors (Lipinski definition) is 9. The largest absolute Gasteiger partial charge is 0.399 e. The third-order valence-corrected chi connectivity index (χ3v) is 6.38. The first-order valence-electron chi connectivity index (χ1n) is 14.3. The van der Waals surface area contributed by atoms with E-state index in [0.717, 1.165) is 39.8 Å². The van der Waals surface area contributed by atoms with Crippen molar-refractivity contribution < 1.29 is 4.92 Å². The summed E-state index contributed by atoms with van der Waals surface area (Å²) < 4.78 is 0. The number of para-hydroxylation sites is 2. The van der Waals surface area contributed by atoms with Crippen LogP contribution in [-0.4, -0.2) is 4.92 Å². The van der Waals surface area contributed by atoms with Gasteiger partial charge in [-0.1, -0.05) is 36.4 Å². The third-order valence-electron chi connectivity index (χ3n) is 6.38. The van der Waals surface area contributed by atoms with Crippen molar-refractivity contribution in [3.63, 3.8) is 0 Å². The molecule has 0 fully saturated rings. The summed E-state index contributed by atoms with van der Waals surface area (Å²) in [6.45, 7) is 0. The van der Waals surface area contributed by atoms with Gasteiger partial charge in [-0.3, -0.25) is 10.1 Å². The molecule has 10 heteroatoms. The van der Waals surface area contributed by atoms with Gasteiger partial charge < -0.3 is 16.4 Å². The fourth-order valence-corrected chi connectivity index (χ4v) is 4.01. The Morgan fingerprint density at radius 3 is 1.09 bits per heavy atom. The van der Waals surface area contributed by atoms with Crippen molar-refractivity contribution in [3.05, 3.63) is 168 Å². The highest BCUT2D eigenvalue weighted by Crippen LogP contribution is 2.25. The predicted molar refractivity (Wildman–Crippen MR) is 185 cm³/mol. The average Bonchev–Trinajstić information content (AvgIpc) is 3.10. The fourth-order valence-electron chi connectivity index (χ4n) is 4.01. The molecule has 0 radical (unpaired) electrons. The van der Waals surface area contributed by atoms with Gasteiger partial charge in [-0.15, -0.1) is 0 Å². The molecule has 0 spiro atoms. The molecule has 226 valence electrons. The second-order valence-electron chi connectivity index (χ2n) is 9.84. The number of rotatable bonds is 9. The average molecular weight is 607 g/mol. The Hall–Kier alpha value is -6.68. The van der Waals surface area contributed by atoms with Crippen molar-refractivity contribution in [2.45, 2.75) is 0 Å². The van der Waals surface area contributed by atoms with Gasteiger partial charge >= 0.3 is 0 Å². The van der Waals surface area contributed by atoms with E-state index in [1.165, 1.54) is 12.1 Å². The van der Waals surface area contributed by atoms with E-state index in [-0.39, 0.29) is 5.69 Å². The number of nitrogen functional groups attached to an aromatic ring is 1. The highest BCUT2D eigenvalue weighted by atomic mass is 16.6. The van der Waals surface area contributed by atoms with Gasteiger partial charge in [0.25, 0.3) is 5.69 Å². The molecular formula is C36H30N8O2. The Morgan fingerprint density at radius 2 is 0.739 bits per heavy atom. The first kappa shape index (κ1) is 30.8. The lowest BCUT2D eigenvalue weighted by atomic mass is 10.2. The lowest BCUT2D eigenvalue weighted by Crippen LogP contribution is -1.88. The Labute approximate surface area is 266 Å². The van der Waals surface area contributed by atoms with Crippen LogP contribution in [-0.2, 0) is 0 Å². The van der Waals surface area contributed by atoms with E-state index in [1.54, 1.807) is 24.3 Å². The molecule has 10 nitrogen and oxygen atoms in total. The quantitative estimate of drug-likeness (QED) is 0.0649. The Morgan fingerprint density at radius 1 is 0.435 bits per heavy atom. The van der Waals surface area contributed by atoms with Crippen molar-refractivity contribution in [3.8, 4) is 0 Å². The Bertz CT molecular complexity index is 1880. The molecule has 0 aliphatic rings. The summed E-state index contributed by atoms with van der Waals surface area (Å²) in [5, 5.41) is 33.8. The summed E-state index contributed by atoms with van der Waals surface area (Å²) in [5.41, 5.74) is 13.3. The van der Waals surface area contributed by atoms with Crippen LogP contribution in [0.15, 0.2) is 178 Å². The molecule has 6 aromatic carbocycles. The number of nitrogens with zero attached hydrogens (tertiary/aromatic N) is 5. The maximum Gasteiger partial charge on any atom is 0.269 e. The van der Waals surface area contributed by atoms with Crippen LogP contribution in [0.5, 0.6) is 0 Å². The van der Waals surface area contributed by atoms with Gasteiger partial charge in [0.2, 0.25) is 0 Å². The second-order valence-corrected chi connectivity index (χ2v) is 9.84. The molecule has 0 heterocycles. The molecular weight excluding hydrogens is 576 g/mol. The second kappa shape index (κ2) is 15.7. The number of benzene rings is 6. The molecule has 46 heavy (non-hydrogen) atoms. The lowest BCUT2D eigenvalue weighted by molar-refractivity contribution is -0.384. The number of nitrogens with two attached hydrogens (primary N) is 1. The topological polar surface area (TPSA) is 143 Å². The number of anilines is 5. The summed E-state index contributed by atoms with van der Waals surface area (Å²) in [4.78, 5) is 10.2. The normalized spacial score (nSPS) is 10.7. The highest BCUT2D eigenvalue weighted by Gasteiger charge is 2.03. The minimum absolute atomic E-state index is 0.0327. The Balaban J connectivity index is 0.000000182. The van der Waals surface area contributed by atoms with Crippen LogP contribution in [0, 0.1) is 10.1 Å². The molecule has 0 atom stereocenters. The third kappa shape index (κ3) is 9.68. The van der Waals surface area contributed by atoms with E-state index >= 15 is 0 Å². The summed E-state index contributed by atoms with van der Waals surface area (Å²) >= 11 is 0. The van der Waals surface area contributed by atoms with Gasteiger partial charge in [-0.2, -0.15) is 20.5 Å². The molecule has 0 amide bonds. The van der Waals surface area contributed by atoms with Crippen LogP contribution in [0.4, 0.5) is 56.9 Å². The van der Waals surface area contributed by atoms with E-state index in [2.05, 4.69) is 31.1 Å². The SMILES string of the molecule is Nc1ccc(N=Nc2ccc(Nc3ccccc3)cc2)cc1.O=[N+]([O-])c1ccc(N=Nc2ccc(Nc3ccccc3)cc2)cc1. The van der Waals surface area contributed by atoms with Crippen molar-refractivity contribution >= 4 is 56.9 Å². The van der Waals surface area contributed by atoms with Gasteiger partial charge in [0.15, 0.2) is 0 Å². The molecule has 0 bridgehead atoms. The first-order chi connectivity index (χ1) is 22.5. The predicted octanol–water partition coefficient (Wildman–Crippen LogP) is 11.2. The summed E-state index contributed by atoms with van der Waals surface area (Å²) in [6.07, 6.45) is 0. The van der Waals surface area contributed by atoms with Gasteiger partial charge in [0.05, 0.1) is 27.7 Å². The monoisotopic (exact) mass is 606 g/mol. The number of nitrogens with one attached hydrogen (secondary N) is 2. The summed E-state index contributed by atoms with van der Waals surface area (Å²) in [7, 11) is 0. The molecule has 6 rings (SSSR count). The fraction of sp³-hybridized carbons (Fsp3) is 0. The van der Waals surface area contributed by atoms with Crippen molar-refractivity contribution in [2.24, 2.45) is 20.5 Å². The van der Waals surface area contributed by atoms with E-state index < -0.39 is 4.92 Å². The molecule has 0 unspecified atom stereocenters. The summed E-state index contributed by atoms with van der Waals surface area (Å²) in [6, 6.07) is 48.5. The standard InChI is InChI=1S/C18H14N4O2.C18H16N4/c23-22(24)18-12-10-17(11-13-18)21-20-16-8-6-15(7-9-16)19-14-4-2-1-3-5-14;19-14-6-8-17(9-7-14)21-22-18-12-10-16(11-13-18)20-15-4-2-1-3-5-15/h1-13,19H;1-13,20H,19H2. The van der Waals surface area contributed by atoms with Crippen LogP contribution < -0.4 is 16.4 Å². The zero-order valence-corrected chi connectivity index (χ0v) is 24.6. The molecule has 0 aliphatic heterocycles. The van der Waals surface area contributed by atoms with Crippen LogP contribution >= 0.6 is 0 Å². The first-order valence-corrected chi connectivity index (χ1v) is 14.3. The molecule has 4 N–H and O–H groups in total. The highest BCUT2D eigenvalue weighted by molar-refractivity contribution is 5.62. The maximum absolute atomic E-state index is 10.6. The van der Waals surface area contributed by atoms with E-state index in [4.69, 9.17) is 5.73 Å². The molecule has 0 aromatic heterocycles. The maximum atomic E-state index is 10.6. The van der Waals surface area contributed by atoms with Gasteiger partial charge in [-0.05, 0) is 109 Å². The van der Waals surface area contributed by atoms with E-state index in [1.807, 2.05) is 121 Å².